The van der Waals surface area contributed by atoms with Gasteiger partial charge in [-0.1, -0.05) is 103 Å². The predicted octanol–water partition coefficient (Wildman–Crippen LogP) is 14.6. The van der Waals surface area contributed by atoms with E-state index in [0.29, 0.717) is 5.82 Å². The van der Waals surface area contributed by atoms with Crippen LogP contribution in [0.3, 0.4) is 0 Å². The molecule has 5 heteroatoms. The molecule has 0 N–H and O–H groups in total. The van der Waals surface area contributed by atoms with Gasteiger partial charge in [0.05, 0.1) is 11.4 Å². The molecule has 4 aromatic heterocycles. The van der Waals surface area contributed by atoms with Gasteiger partial charge in [-0.25, -0.2) is 9.97 Å². The van der Waals surface area contributed by atoms with Crippen molar-refractivity contribution >= 4 is 63.0 Å². The Morgan fingerprint density at radius 2 is 0.821 bits per heavy atom. The minimum atomic E-state index is 0.679. The van der Waals surface area contributed by atoms with Crippen LogP contribution in [0.5, 0.6) is 0 Å². The van der Waals surface area contributed by atoms with E-state index >= 15 is 0 Å². The molecule has 0 atom stereocenters. The Morgan fingerprint density at radius 3 is 1.46 bits per heavy atom. The molecule has 11 aromatic rings. The molecule has 0 bridgehead atoms. The Balaban J connectivity index is 1.15. The number of pyridine rings is 1. The summed E-state index contributed by atoms with van der Waals surface area (Å²) in [7, 11) is 0. The molecule has 262 valence electrons. The van der Waals surface area contributed by atoms with Gasteiger partial charge in [0.25, 0.3) is 0 Å². The predicted molar refractivity (Wildman–Crippen MR) is 238 cm³/mol. The van der Waals surface area contributed by atoms with Crippen LogP contribution in [0.1, 0.15) is 0 Å². The third kappa shape index (κ3) is 5.77. The number of hydrogen-bond acceptors (Lipinski definition) is 5. The van der Waals surface area contributed by atoms with Gasteiger partial charge in [0, 0.05) is 69.4 Å². The monoisotopic (exact) mass is 749 g/mol. The largest absolute Gasteiger partial charge is 0.265 e. The lowest BCUT2D eigenvalue weighted by Crippen LogP contribution is -1.98. The summed E-state index contributed by atoms with van der Waals surface area (Å²) in [6.07, 6.45) is 3.68. The second kappa shape index (κ2) is 13.5. The number of benzene rings is 7. The van der Waals surface area contributed by atoms with Crippen molar-refractivity contribution < 1.29 is 0 Å². The van der Waals surface area contributed by atoms with Crippen LogP contribution >= 0.6 is 22.7 Å². The van der Waals surface area contributed by atoms with Crippen LogP contribution in [0.2, 0.25) is 0 Å². The molecule has 0 aliphatic heterocycles. The van der Waals surface area contributed by atoms with Crippen molar-refractivity contribution in [2.45, 2.75) is 0 Å². The van der Waals surface area contributed by atoms with E-state index in [1.165, 1.54) is 40.3 Å². The van der Waals surface area contributed by atoms with Crippen LogP contribution < -0.4 is 0 Å². The highest BCUT2D eigenvalue weighted by Crippen LogP contribution is 2.41. The van der Waals surface area contributed by atoms with Crippen molar-refractivity contribution in [3.63, 3.8) is 0 Å². The van der Waals surface area contributed by atoms with E-state index in [2.05, 4.69) is 175 Å². The highest BCUT2D eigenvalue weighted by Gasteiger charge is 2.17. The summed E-state index contributed by atoms with van der Waals surface area (Å²) in [5.74, 6) is 0.679. The summed E-state index contributed by atoms with van der Waals surface area (Å²) in [4.78, 5) is 15.0. The molecule has 3 nitrogen and oxygen atoms in total. The zero-order chi connectivity index (χ0) is 37.0. The topological polar surface area (TPSA) is 38.7 Å². The van der Waals surface area contributed by atoms with Crippen molar-refractivity contribution in [2.24, 2.45) is 0 Å². The summed E-state index contributed by atoms with van der Waals surface area (Å²) in [5.41, 5.74) is 11.5. The number of thiophene rings is 2. The first kappa shape index (κ1) is 32.6. The van der Waals surface area contributed by atoms with E-state index in [9.17, 15) is 0 Å². The Kier molecular flexibility index (Phi) is 7.87. The first-order chi connectivity index (χ1) is 27.7. The molecular weight excluding hydrogens is 719 g/mol. The third-order valence-electron chi connectivity index (χ3n) is 10.6. The van der Waals surface area contributed by atoms with Gasteiger partial charge in [0.2, 0.25) is 0 Å². The van der Waals surface area contributed by atoms with Crippen LogP contribution in [0, 0.1) is 0 Å². The van der Waals surface area contributed by atoms with Gasteiger partial charge < -0.3 is 0 Å². The zero-order valence-electron chi connectivity index (χ0n) is 30.1. The fourth-order valence-corrected chi connectivity index (χ4v) is 10.0. The average Bonchev–Trinajstić information content (AvgIpc) is 3.84. The normalized spacial score (nSPS) is 11.6. The molecule has 11 rings (SSSR count). The van der Waals surface area contributed by atoms with Crippen molar-refractivity contribution in [3.05, 3.63) is 188 Å². The molecule has 0 amide bonds. The Labute approximate surface area is 331 Å². The molecule has 0 radical (unpaired) electrons. The summed E-state index contributed by atoms with van der Waals surface area (Å²) >= 11 is 3.69. The van der Waals surface area contributed by atoms with E-state index in [0.717, 1.165) is 61.5 Å². The number of nitrogens with zero attached hydrogens (tertiary/aromatic N) is 3. The minimum absolute atomic E-state index is 0.679. The maximum atomic E-state index is 5.40. The lowest BCUT2D eigenvalue weighted by molar-refractivity contribution is 1.18. The smallest absolute Gasteiger partial charge is 0.160 e. The molecule has 0 saturated heterocycles. The standard InChI is InChI=1S/C51H31N3S2/c1-2-10-33(11-3-1)45-31-46(40-13-5-4-12-39(40)32-22-24-52-25-23-32)54-51(53-45)38-27-36(34-18-20-49-43(29-34)41-14-6-8-16-47(41)55-49)26-37(28-38)35-19-21-50-44(30-35)42-15-7-9-17-48(42)56-50/h1-31H. The fraction of sp³-hybridized carbons (Fsp3) is 0. The first-order valence-corrected chi connectivity index (χ1v) is 20.3. The molecule has 7 aromatic carbocycles. The maximum Gasteiger partial charge on any atom is 0.160 e. The number of fused-ring (bicyclic) bond motifs is 6. The fourth-order valence-electron chi connectivity index (χ4n) is 7.86. The van der Waals surface area contributed by atoms with Crippen molar-refractivity contribution in [1.82, 2.24) is 15.0 Å². The molecule has 0 aliphatic rings. The van der Waals surface area contributed by atoms with E-state index in [-0.39, 0.29) is 0 Å². The summed E-state index contributed by atoms with van der Waals surface area (Å²) in [6, 6.07) is 63.1. The lowest BCUT2D eigenvalue weighted by Gasteiger charge is -2.15. The molecular formula is C51H31N3S2. The van der Waals surface area contributed by atoms with E-state index in [4.69, 9.17) is 9.97 Å². The van der Waals surface area contributed by atoms with Gasteiger partial charge in [-0.15, -0.1) is 22.7 Å². The molecule has 4 heterocycles. The van der Waals surface area contributed by atoms with Crippen LogP contribution in [0.25, 0.3) is 108 Å². The van der Waals surface area contributed by atoms with Crippen LogP contribution in [-0.4, -0.2) is 15.0 Å². The Bertz CT molecular complexity index is 3120. The highest BCUT2D eigenvalue weighted by atomic mass is 32.1. The van der Waals surface area contributed by atoms with E-state index in [1.807, 2.05) is 41.1 Å². The quantitative estimate of drug-likeness (QED) is 0.170. The maximum absolute atomic E-state index is 5.40. The SMILES string of the molecule is c1ccc(-c2cc(-c3ccccc3-c3ccncc3)nc(-c3cc(-c4ccc5sc6ccccc6c5c4)cc(-c4ccc5sc6ccccc6c5c4)c3)n2)cc1. The highest BCUT2D eigenvalue weighted by molar-refractivity contribution is 7.26. The lowest BCUT2D eigenvalue weighted by atomic mass is 9.94. The molecule has 0 spiro atoms. The van der Waals surface area contributed by atoms with Gasteiger partial charge in [0.15, 0.2) is 5.82 Å². The Hall–Kier alpha value is -6.79. The van der Waals surface area contributed by atoms with Crippen molar-refractivity contribution in [3.8, 4) is 67.3 Å². The minimum Gasteiger partial charge on any atom is -0.265 e. The van der Waals surface area contributed by atoms with Crippen LogP contribution in [0.4, 0.5) is 0 Å². The summed E-state index contributed by atoms with van der Waals surface area (Å²) in [6.45, 7) is 0. The number of aromatic nitrogens is 3. The molecule has 0 unspecified atom stereocenters. The first-order valence-electron chi connectivity index (χ1n) is 18.6. The third-order valence-corrected chi connectivity index (χ3v) is 12.9. The molecule has 0 aliphatic carbocycles. The number of hydrogen-bond donors (Lipinski definition) is 0. The van der Waals surface area contributed by atoms with Gasteiger partial charge >= 0.3 is 0 Å². The average molecular weight is 750 g/mol. The second-order valence-corrected chi connectivity index (χ2v) is 16.2. The van der Waals surface area contributed by atoms with Gasteiger partial charge in [-0.05, 0) is 106 Å². The van der Waals surface area contributed by atoms with Gasteiger partial charge in [0.1, 0.15) is 0 Å². The number of rotatable bonds is 6. The molecule has 56 heavy (non-hydrogen) atoms. The Morgan fingerprint density at radius 1 is 0.304 bits per heavy atom. The van der Waals surface area contributed by atoms with Crippen LogP contribution in [0.15, 0.2) is 188 Å². The van der Waals surface area contributed by atoms with Crippen molar-refractivity contribution in [1.29, 1.82) is 0 Å². The summed E-state index contributed by atoms with van der Waals surface area (Å²) in [5, 5.41) is 5.13. The van der Waals surface area contributed by atoms with Crippen molar-refractivity contribution in [2.75, 3.05) is 0 Å². The van der Waals surface area contributed by atoms with Gasteiger partial charge in [-0.3, -0.25) is 4.98 Å². The van der Waals surface area contributed by atoms with Gasteiger partial charge in [-0.2, -0.15) is 0 Å². The van der Waals surface area contributed by atoms with E-state index in [1.54, 1.807) is 0 Å². The molecule has 0 fully saturated rings. The van der Waals surface area contributed by atoms with E-state index < -0.39 is 0 Å². The second-order valence-electron chi connectivity index (χ2n) is 14.0. The molecule has 0 saturated carbocycles. The van der Waals surface area contributed by atoms with Crippen LogP contribution in [-0.2, 0) is 0 Å². The summed E-state index contributed by atoms with van der Waals surface area (Å²) < 4.78 is 5.18. The zero-order valence-corrected chi connectivity index (χ0v) is 31.7.